The highest BCUT2D eigenvalue weighted by atomic mass is 32.1. The minimum absolute atomic E-state index is 0.587. The first-order valence-electron chi connectivity index (χ1n) is 4.60. The van der Waals surface area contributed by atoms with Crippen molar-refractivity contribution >= 4 is 17.3 Å². The van der Waals surface area contributed by atoms with E-state index in [1.807, 2.05) is 0 Å². The zero-order valence-electron chi connectivity index (χ0n) is 7.59. The number of fused-ring (bicyclic) bond motifs is 1. The van der Waals surface area contributed by atoms with Crippen molar-refractivity contribution in [2.24, 2.45) is 0 Å². The molecule has 0 unspecified atom stereocenters. The second kappa shape index (κ2) is 3.14. The lowest BCUT2D eigenvalue weighted by atomic mass is 10.1. The molecule has 13 heavy (non-hydrogen) atoms. The van der Waals surface area contributed by atoms with E-state index in [1.165, 1.54) is 21.8 Å². The first-order chi connectivity index (χ1) is 6.24. The number of thiophene rings is 1. The largest absolute Gasteiger partial charge is 0.477 e. The van der Waals surface area contributed by atoms with Crippen LogP contribution in [0.5, 0.6) is 0 Å². The van der Waals surface area contributed by atoms with Gasteiger partial charge in [-0.25, -0.2) is 4.79 Å². The summed E-state index contributed by atoms with van der Waals surface area (Å²) in [5.41, 5.74) is 2.46. The number of rotatable bonds is 2. The average molecular weight is 196 g/mol. The number of aromatic carboxylic acids is 1. The Kier molecular flexibility index (Phi) is 2.12. The maximum atomic E-state index is 10.9. The molecular formula is C10H12O2S. The van der Waals surface area contributed by atoms with E-state index in [-0.39, 0.29) is 0 Å². The first-order valence-corrected chi connectivity index (χ1v) is 5.42. The Morgan fingerprint density at radius 1 is 1.46 bits per heavy atom. The van der Waals surface area contributed by atoms with Crippen molar-refractivity contribution in [3.05, 3.63) is 20.9 Å². The van der Waals surface area contributed by atoms with E-state index >= 15 is 0 Å². The highest BCUT2D eigenvalue weighted by molar-refractivity contribution is 7.14. The van der Waals surface area contributed by atoms with Crippen molar-refractivity contribution in [2.75, 3.05) is 0 Å². The van der Waals surface area contributed by atoms with E-state index in [4.69, 9.17) is 5.11 Å². The maximum absolute atomic E-state index is 10.9. The van der Waals surface area contributed by atoms with E-state index < -0.39 is 5.97 Å². The SMILES string of the molecule is CCc1sc(C(=O)O)c2c1CCC2. The summed E-state index contributed by atoms with van der Waals surface area (Å²) >= 11 is 1.47. The van der Waals surface area contributed by atoms with Crippen molar-refractivity contribution in [1.82, 2.24) is 0 Å². The molecule has 3 heteroatoms. The van der Waals surface area contributed by atoms with E-state index in [1.54, 1.807) is 0 Å². The molecule has 1 aromatic rings. The summed E-state index contributed by atoms with van der Waals surface area (Å²) < 4.78 is 0. The van der Waals surface area contributed by atoms with Gasteiger partial charge in [-0.2, -0.15) is 0 Å². The molecule has 2 nitrogen and oxygen atoms in total. The topological polar surface area (TPSA) is 37.3 Å². The van der Waals surface area contributed by atoms with Crippen molar-refractivity contribution in [3.8, 4) is 0 Å². The van der Waals surface area contributed by atoms with Crippen LogP contribution in [0, 0.1) is 0 Å². The minimum atomic E-state index is -0.747. The predicted octanol–water partition coefficient (Wildman–Crippen LogP) is 2.50. The molecule has 0 bridgehead atoms. The van der Waals surface area contributed by atoms with Gasteiger partial charge in [0.15, 0.2) is 0 Å². The molecule has 0 saturated heterocycles. The standard InChI is InChI=1S/C10H12O2S/c1-2-8-6-4-3-5-7(6)9(13-8)10(11)12/h2-5H2,1H3,(H,11,12). The normalized spacial score (nSPS) is 14.5. The van der Waals surface area contributed by atoms with E-state index in [0.717, 1.165) is 31.2 Å². The highest BCUT2D eigenvalue weighted by Gasteiger charge is 2.24. The molecule has 0 fully saturated rings. The molecule has 0 atom stereocenters. The van der Waals surface area contributed by atoms with Gasteiger partial charge in [0, 0.05) is 4.88 Å². The van der Waals surface area contributed by atoms with Crippen LogP contribution in [0.15, 0.2) is 0 Å². The Balaban J connectivity index is 2.54. The summed E-state index contributed by atoms with van der Waals surface area (Å²) in [4.78, 5) is 12.8. The third-order valence-corrected chi connectivity index (χ3v) is 3.98. The zero-order chi connectivity index (χ0) is 9.42. The molecule has 1 aromatic heterocycles. The lowest BCUT2D eigenvalue weighted by Crippen LogP contribution is -1.95. The molecule has 0 aromatic carbocycles. The van der Waals surface area contributed by atoms with Crippen LogP contribution in [0.3, 0.4) is 0 Å². The Hall–Kier alpha value is -0.830. The fraction of sp³-hybridized carbons (Fsp3) is 0.500. The van der Waals surface area contributed by atoms with Gasteiger partial charge in [-0.15, -0.1) is 11.3 Å². The van der Waals surface area contributed by atoms with Crippen LogP contribution < -0.4 is 0 Å². The molecule has 1 aliphatic carbocycles. The first kappa shape index (κ1) is 8.75. The van der Waals surface area contributed by atoms with Crippen LogP contribution in [0.1, 0.15) is 39.0 Å². The monoisotopic (exact) mass is 196 g/mol. The zero-order valence-corrected chi connectivity index (χ0v) is 8.41. The number of hydrogen-bond donors (Lipinski definition) is 1. The Bertz CT molecular complexity index is 352. The Morgan fingerprint density at radius 2 is 2.15 bits per heavy atom. The number of carbonyl (C=O) groups is 1. The van der Waals surface area contributed by atoms with Crippen molar-refractivity contribution in [3.63, 3.8) is 0 Å². The lowest BCUT2D eigenvalue weighted by Gasteiger charge is -1.92. The van der Waals surface area contributed by atoms with E-state index in [0.29, 0.717) is 4.88 Å². The summed E-state index contributed by atoms with van der Waals surface area (Å²) in [5, 5.41) is 8.97. The van der Waals surface area contributed by atoms with Crippen LogP contribution in [-0.2, 0) is 19.3 Å². The number of aryl methyl sites for hydroxylation is 1. The summed E-state index contributed by atoms with van der Waals surface area (Å²) in [5.74, 6) is -0.747. The van der Waals surface area contributed by atoms with Gasteiger partial charge < -0.3 is 5.11 Å². The number of carboxylic acids is 1. The highest BCUT2D eigenvalue weighted by Crippen LogP contribution is 2.35. The summed E-state index contributed by atoms with van der Waals surface area (Å²) in [6, 6.07) is 0. The van der Waals surface area contributed by atoms with Gasteiger partial charge in [-0.05, 0) is 36.8 Å². The smallest absolute Gasteiger partial charge is 0.346 e. The van der Waals surface area contributed by atoms with Gasteiger partial charge >= 0.3 is 5.97 Å². The molecule has 0 spiro atoms. The molecule has 0 aliphatic heterocycles. The molecule has 1 heterocycles. The van der Waals surface area contributed by atoms with Crippen LogP contribution in [0.2, 0.25) is 0 Å². The third-order valence-electron chi connectivity index (χ3n) is 2.57. The van der Waals surface area contributed by atoms with Crippen LogP contribution >= 0.6 is 11.3 Å². The van der Waals surface area contributed by atoms with Gasteiger partial charge in [-0.3, -0.25) is 0 Å². The molecule has 1 N–H and O–H groups in total. The van der Waals surface area contributed by atoms with E-state index in [2.05, 4.69) is 6.92 Å². The second-order valence-corrected chi connectivity index (χ2v) is 4.43. The second-order valence-electron chi connectivity index (χ2n) is 3.32. The van der Waals surface area contributed by atoms with Crippen molar-refractivity contribution in [2.45, 2.75) is 32.6 Å². The summed E-state index contributed by atoms with van der Waals surface area (Å²) in [7, 11) is 0. The van der Waals surface area contributed by atoms with E-state index in [9.17, 15) is 4.79 Å². The molecular weight excluding hydrogens is 184 g/mol. The lowest BCUT2D eigenvalue weighted by molar-refractivity contribution is 0.0701. The van der Waals surface area contributed by atoms with Crippen molar-refractivity contribution < 1.29 is 9.90 Å². The Labute approximate surface area is 81.2 Å². The molecule has 0 amide bonds. The van der Waals surface area contributed by atoms with Gasteiger partial charge in [0.2, 0.25) is 0 Å². The number of carboxylic acid groups (broad SMARTS) is 1. The van der Waals surface area contributed by atoms with Crippen LogP contribution in [0.4, 0.5) is 0 Å². The average Bonchev–Trinajstić information content (AvgIpc) is 2.61. The summed E-state index contributed by atoms with van der Waals surface area (Å²) in [6.45, 7) is 2.09. The quantitative estimate of drug-likeness (QED) is 0.789. The Morgan fingerprint density at radius 3 is 2.77 bits per heavy atom. The van der Waals surface area contributed by atoms with Gasteiger partial charge in [0.25, 0.3) is 0 Å². The molecule has 1 aliphatic rings. The van der Waals surface area contributed by atoms with Gasteiger partial charge in [-0.1, -0.05) is 6.92 Å². The van der Waals surface area contributed by atoms with Crippen LogP contribution in [-0.4, -0.2) is 11.1 Å². The molecule has 0 radical (unpaired) electrons. The minimum Gasteiger partial charge on any atom is -0.477 e. The molecule has 0 saturated carbocycles. The molecule has 70 valence electrons. The van der Waals surface area contributed by atoms with Gasteiger partial charge in [0.1, 0.15) is 4.88 Å². The molecule has 2 rings (SSSR count). The fourth-order valence-electron chi connectivity index (χ4n) is 2.01. The maximum Gasteiger partial charge on any atom is 0.346 e. The summed E-state index contributed by atoms with van der Waals surface area (Å²) in [6.07, 6.45) is 4.15. The predicted molar refractivity (Wildman–Crippen MR) is 52.7 cm³/mol. The fourth-order valence-corrected chi connectivity index (χ4v) is 3.18. The van der Waals surface area contributed by atoms with Crippen molar-refractivity contribution in [1.29, 1.82) is 0 Å². The third kappa shape index (κ3) is 1.27. The van der Waals surface area contributed by atoms with Crippen LogP contribution in [0.25, 0.3) is 0 Å². The number of hydrogen-bond acceptors (Lipinski definition) is 2. The van der Waals surface area contributed by atoms with Gasteiger partial charge in [0.05, 0.1) is 0 Å².